The number of benzene rings is 1. The quantitative estimate of drug-likeness (QED) is 0.544. The molecule has 2 aromatic heterocycles. The molecule has 0 radical (unpaired) electrons. The smallest absolute Gasteiger partial charge is 0.267 e. The molecule has 1 aromatic carbocycles. The third-order valence-electron chi connectivity index (χ3n) is 3.90. The first kappa shape index (κ1) is 18.7. The highest BCUT2D eigenvalue weighted by molar-refractivity contribution is 7.10. The van der Waals surface area contributed by atoms with Gasteiger partial charge in [0.1, 0.15) is 5.70 Å². The molecule has 0 saturated carbocycles. The number of rotatable bonds is 7. The normalized spacial score (nSPS) is 11.8. The number of hydrogen-bond acceptors (Lipinski definition) is 3. The monoisotopic (exact) mass is 379 g/mol. The van der Waals surface area contributed by atoms with Crippen LogP contribution in [0.4, 0.5) is 0 Å². The summed E-state index contributed by atoms with van der Waals surface area (Å²) < 4.78 is 0. The van der Waals surface area contributed by atoms with E-state index >= 15 is 0 Å². The second-order valence-electron chi connectivity index (χ2n) is 5.94. The average molecular weight is 379 g/mol. The van der Waals surface area contributed by atoms with E-state index in [1.54, 1.807) is 23.5 Å². The predicted octanol–water partition coefficient (Wildman–Crippen LogP) is 3.93. The fourth-order valence-corrected chi connectivity index (χ4v) is 3.20. The van der Waals surface area contributed by atoms with Gasteiger partial charge in [-0.2, -0.15) is 0 Å². The van der Waals surface area contributed by atoms with E-state index in [2.05, 4.69) is 15.6 Å². The van der Waals surface area contributed by atoms with Crippen LogP contribution in [0.15, 0.2) is 59.7 Å². The molecule has 0 bridgehead atoms. The van der Waals surface area contributed by atoms with Crippen molar-refractivity contribution in [3.63, 3.8) is 0 Å². The zero-order chi connectivity index (χ0) is 19.1. The standard InChI is InChI=1S/C21H21N3O2S/c1-2-11-22-21(26)19(24-20(25)10-9-16-6-5-12-27-16)13-15-14-23-18-8-4-3-7-17(15)18/h3-10,12-14,23H,2,11H2,1H3,(H,22,26)(H,24,25)/b10-9+,19-13-. The van der Waals surface area contributed by atoms with Gasteiger partial charge < -0.3 is 15.6 Å². The summed E-state index contributed by atoms with van der Waals surface area (Å²) in [7, 11) is 0. The number of fused-ring (bicyclic) bond motifs is 1. The summed E-state index contributed by atoms with van der Waals surface area (Å²) >= 11 is 1.54. The number of carbonyl (C=O) groups is 2. The zero-order valence-corrected chi connectivity index (χ0v) is 15.8. The Hall–Kier alpha value is -3.12. The average Bonchev–Trinajstić information content (AvgIpc) is 3.34. The largest absolute Gasteiger partial charge is 0.361 e. The fourth-order valence-electron chi connectivity index (χ4n) is 2.58. The van der Waals surface area contributed by atoms with E-state index in [1.165, 1.54) is 6.08 Å². The maximum absolute atomic E-state index is 12.5. The van der Waals surface area contributed by atoms with E-state index in [9.17, 15) is 9.59 Å². The van der Waals surface area contributed by atoms with Crippen molar-refractivity contribution >= 4 is 46.2 Å². The number of carbonyl (C=O) groups excluding carboxylic acids is 2. The molecule has 6 heteroatoms. The molecule has 138 valence electrons. The van der Waals surface area contributed by atoms with Crippen LogP contribution < -0.4 is 10.6 Å². The Morgan fingerprint density at radius 1 is 1.19 bits per heavy atom. The van der Waals surface area contributed by atoms with Gasteiger partial charge in [0.15, 0.2) is 0 Å². The molecule has 3 aromatic rings. The number of hydrogen-bond donors (Lipinski definition) is 3. The van der Waals surface area contributed by atoms with E-state index in [0.717, 1.165) is 27.8 Å². The van der Waals surface area contributed by atoms with Gasteiger partial charge in [-0.3, -0.25) is 9.59 Å². The molecule has 0 aliphatic heterocycles. The van der Waals surface area contributed by atoms with Crippen molar-refractivity contribution in [3.8, 4) is 0 Å². The molecule has 0 saturated heterocycles. The Morgan fingerprint density at radius 3 is 2.81 bits per heavy atom. The summed E-state index contributed by atoms with van der Waals surface area (Å²) in [6.45, 7) is 2.52. The van der Waals surface area contributed by atoms with Crippen molar-refractivity contribution in [2.24, 2.45) is 0 Å². The number of amides is 2. The third kappa shape index (κ3) is 4.95. The van der Waals surface area contributed by atoms with Crippen LogP contribution >= 0.6 is 11.3 Å². The Morgan fingerprint density at radius 2 is 2.04 bits per heavy atom. The first-order valence-corrected chi connectivity index (χ1v) is 9.64. The van der Waals surface area contributed by atoms with Crippen molar-refractivity contribution in [2.75, 3.05) is 6.54 Å². The Kier molecular flexibility index (Phi) is 6.22. The van der Waals surface area contributed by atoms with Gasteiger partial charge in [0.25, 0.3) is 5.91 Å². The number of thiophene rings is 1. The minimum absolute atomic E-state index is 0.217. The van der Waals surface area contributed by atoms with Gasteiger partial charge >= 0.3 is 0 Å². The van der Waals surface area contributed by atoms with Crippen LogP contribution in [0.5, 0.6) is 0 Å². The highest BCUT2D eigenvalue weighted by Gasteiger charge is 2.13. The van der Waals surface area contributed by atoms with E-state index in [4.69, 9.17) is 0 Å². The minimum atomic E-state index is -0.346. The van der Waals surface area contributed by atoms with Gasteiger partial charge in [-0.1, -0.05) is 31.2 Å². The van der Waals surface area contributed by atoms with E-state index in [0.29, 0.717) is 6.54 Å². The summed E-state index contributed by atoms with van der Waals surface area (Å²) in [5, 5.41) is 8.45. The van der Waals surface area contributed by atoms with Crippen LogP contribution in [-0.2, 0) is 9.59 Å². The van der Waals surface area contributed by atoms with Gasteiger partial charge in [-0.05, 0) is 36.1 Å². The molecule has 2 amide bonds. The third-order valence-corrected chi connectivity index (χ3v) is 4.74. The summed E-state index contributed by atoms with van der Waals surface area (Å²) in [5.41, 5.74) is 2.03. The molecule has 5 nitrogen and oxygen atoms in total. The number of nitrogens with one attached hydrogen (secondary N) is 3. The van der Waals surface area contributed by atoms with Gasteiger partial charge in [-0.25, -0.2) is 0 Å². The van der Waals surface area contributed by atoms with Gasteiger partial charge in [0.05, 0.1) is 0 Å². The van der Waals surface area contributed by atoms with Crippen molar-refractivity contribution in [1.82, 2.24) is 15.6 Å². The van der Waals surface area contributed by atoms with Gasteiger partial charge in [-0.15, -0.1) is 11.3 Å². The topological polar surface area (TPSA) is 74.0 Å². The first-order chi connectivity index (χ1) is 13.2. The van der Waals surface area contributed by atoms with Gasteiger partial charge in [0, 0.05) is 40.2 Å². The number of H-pyrrole nitrogens is 1. The SMILES string of the molecule is CCCNC(=O)/C(=C/c1c[nH]c2ccccc12)NC(=O)/C=C/c1cccs1. The number of para-hydroxylation sites is 1. The molecule has 3 rings (SSSR count). The molecule has 0 unspecified atom stereocenters. The first-order valence-electron chi connectivity index (χ1n) is 8.76. The second-order valence-corrected chi connectivity index (χ2v) is 6.92. The van der Waals surface area contributed by atoms with Crippen LogP contribution in [0, 0.1) is 0 Å². The Labute approximate surface area is 161 Å². The van der Waals surface area contributed by atoms with Crippen LogP contribution in [-0.4, -0.2) is 23.3 Å². The minimum Gasteiger partial charge on any atom is -0.361 e. The van der Waals surface area contributed by atoms with Crippen LogP contribution in [0.25, 0.3) is 23.1 Å². The lowest BCUT2D eigenvalue weighted by molar-refractivity contribution is -0.121. The lowest BCUT2D eigenvalue weighted by atomic mass is 10.1. The Balaban J connectivity index is 1.84. The van der Waals surface area contributed by atoms with Gasteiger partial charge in [0.2, 0.25) is 5.91 Å². The van der Waals surface area contributed by atoms with Crippen molar-refractivity contribution in [1.29, 1.82) is 0 Å². The number of aromatic nitrogens is 1. The van der Waals surface area contributed by atoms with E-state index in [1.807, 2.05) is 54.9 Å². The maximum atomic E-state index is 12.5. The molecule has 0 atom stereocenters. The highest BCUT2D eigenvalue weighted by Crippen LogP contribution is 2.20. The van der Waals surface area contributed by atoms with Crippen LogP contribution in [0.3, 0.4) is 0 Å². The predicted molar refractivity (Wildman–Crippen MR) is 111 cm³/mol. The Bertz CT molecular complexity index is 984. The maximum Gasteiger partial charge on any atom is 0.267 e. The summed E-state index contributed by atoms with van der Waals surface area (Å²) in [6, 6.07) is 11.7. The van der Waals surface area contributed by atoms with Crippen molar-refractivity contribution < 1.29 is 9.59 Å². The summed E-state index contributed by atoms with van der Waals surface area (Å²) in [4.78, 5) is 28.9. The molecule has 2 heterocycles. The fraction of sp³-hybridized carbons (Fsp3) is 0.143. The summed E-state index contributed by atoms with van der Waals surface area (Å²) in [6.07, 6.45) is 7.50. The molecule has 27 heavy (non-hydrogen) atoms. The molecule has 0 aliphatic carbocycles. The van der Waals surface area contributed by atoms with E-state index < -0.39 is 0 Å². The van der Waals surface area contributed by atoms with Crippen LogP contribution in [0.1, 0.15) is 23.8 Å². The van der Waals surface area contributed by atoms with Crippen molar-refractivity contribution in [3.05, 3.63) is 70.2 Å². The van der Waals surface area contributed by atoms with Crippen LogP contribution in [0.2, 0.25) is 0 Å². The molecule has 0 fully saturated rings. The molecule has 0 aliphatic rings. The second kappa shape index (κ2) is 9.00. The molecule has 3 N–H and O–H groups in total. The van der Waals surface area contributed by atoms with Crippen molar-refractivity contribution in [2.45, 2.75) is 13.3 Å². The molecule has 0 spiro atoms. The highest BCUT2D eigenvalue weighted by atomic mass is 32.1. The summed E-state index contributed by atoms with van der Waals surface area (Å²) in [5.74, 6) is -0.652. The molecular formula is C21H21N3O2S. The zero-order valence-electron chi connectivity index (χ0n) is 15.0. The number of aromatic amines is 1. The lowest BCUT2D eigenvalue weighted by Crippen LogP contribution is -2.34. The molecular weight excluding hydrogens is 358 g/mol. The lowest BCUT2D eigenvalue weighted by Gasteiger charge is -2.09. The van der Waals surface area contributed by atoms with E-state index in [-0.39, 0.29) is 17.5 Å².